The number of nitrogens with one attached hydrogen (secondary N) is 2. The number of halogens is 1. The maximum Gasteiger partial charge on any atom is 0.241 e. The Balaban J connectivity index is 0.00000288. The first kappa shape index (κ1) is 20.2. The third-order valence-electron chi connectivity index (χ3n) is 3.51. The van der Waals surface area contributed by atoms with E-state index in [1.54, 1.807) is 19.0 Å². The number of carbonyl (C=O) groups is 1. The van der Waals surface area contributed by atoms with Crippen LogP contribution < -0.4 is 10.6 Å². The summed E-state index contributed by atoms with van der Waals surface area (Å²) in [5.41, 5.74) is 2.04. The first-order valence-corrected chi connectivity index (χ1v) is 7.65. The quantitative estimate of drug-likeness (QED) is 0.415. The van der Waals surface area contributed by atoms with Gasteiger partial charge in [0.05, 0.1) is 17.6 Å². The summed E-state index contributed by atoms with van der Waals surface area (Å²) in [6, 6.07) is 7.99. The summed E-state index contributed by atoms with van der Waals surface area (Å²) in [6.07, 6.45) is 0. The van der Waals surface area contributed by atoms with Gasteiger partial charge in [-0.25, -0.2) is 9.98 Å². The zero-order valence-corrected chi connectivity index (χ0v) is 16.9. The molecule has 0 aliphatic rings. The molecule has 0 saturated heterocycles. The van der Waals surface area contributed by atoms with Crippen LogP contribution in [0, 0.1) is 0 Å². The number of rotatable bonds is 5. The molecule has 132 valence electrons. The third kappa shape index (κ3) is 5.08. The highest BCUT2D eigenvalue weighted by Crippen LogP contribution is 2.14. The molecule has 2 N–H and O–H groups in total. The molecule has 0 atom stereocenters. The number of aliphatic imine (C=N–C) groups is 1. The number of para-hydroxylation sites is 2. The molecule has 0 saturated carbocycles. The van der Waals surface area contributed by atoms with Crippen molar-refractivity contribution < 1.29 is 4.79 Å². The lowest BCUT2D eigenvalue weighted by atomic mass is 10.3. The second-order valence-electron chi connectivity index (χ2n) is 5.41. The van der Waals surface area contributed by atoms with Crippen LogP contribution in [0.4, 0.5) is 0 Å². The Kier molecular flexibility index (Phi) is 7.96. The Labute approximate surface area is 159 Å². The monoisotopic (exact) mass is 444 g/mol. The molecule has 0 unspecified atom stereocenters. The molecule has 1 amide bonds. The van der Waals surface area contributed by atoms with Crippen molar-refractivity contribution in [3.8, 4) is 0 Å². The van der Waals surface area contributed by atoms with Crippen LogP contribution in [0.2, 0.25) is 0 Å². The van der Waals surface area contributed by atoms with Gasteiger partial charge in [-0.2, -0.15) is 0 Å². The zero-order valence-electron chi connectivity index (χ0n) is 14.5. The molecular weight excluding hydrogens is 419 g/mol. The van der Waals surface area contributed by atoms with Gasteiger partial charge in [-0.1, -0.05) is 12.1 Å². The number of imidazole rings is 1. The van der Waals surface area contributed by atoms with Crippen molar-refractivity contribution in [2.24, 2.45) is 12.0 Å². The Morgan fingerprint density at radius 2 is 2.00 bits per heavy atom. The predicted octanol–water partition coefficient (Wildman–Crippen LogP) is 1.33. The lowest BCUT2D eigenvalue weighted by Crippen LogP contribution is -2.42. The van der Waals surface area contributed by atoms with Crippen LogP contribution in [0.1, 0.15) is 12.7 Å². The van der Waals surface area contributed by atoms with Gasteiger partial charge in [0.2, 0.25) is 5.91 Å². The molecule has 24 heavy (non-hydrogen) atoms. The number of fused-ring (bicyclic) bond motifs is 1. The Morgan fingerprint density at radius 3 is 2.62 bits per heavy atom. The normalized spacial score (nSPS) is 11.1. The number of hydrogen-bond donors (Lipinski definition) is 2. The minimum absolute atomic E-state index is 0. The summed E-state index contributed by atoms with van der Waals surface area (Å²) in [5.74, 6) is 1.48. The van der Waals surface area contributed by atoms with Crippen LogP contribution in [0.5, 0.6) is 0 Å². The Hall–Kier alpha value is -1.84. The molecule has 1 heterocycles. The van der Waals surface area contributed by atoms with E-state index in [2.05, 4.69) is 20.6 Å². The molecule has 2 rings (SSSR count). The average molecular weight is 444 g/mol. The van der Waals surface area contributed by atoms with Gasteiger partial charge in [0, 0.05) is 27.7 Å². The van der Waals surface area contributed by atoms with Gasteiger partial charge >= 0.3 is 0 Å². The number of hydrogen-bond acceptors (Lipinski definition) is 3. The number of nitrogens with zero attached hydrogens (tertiary/aromatic N) is 4. The van der Waals surface area contributed by atoms with Crippen LogP contribution in [0.3, 0.4) is 0 Å². The van der Waals surface area contributed by atoms with E-state index < -0.39 is 0 Å². The molecule has 0 fully saturated rings. The fourth-order valence-corrected chi connectivity index (χ4v) is 2.15. The molecule has 0 aliphatic carbocycles. The predicted molar refractivity (Wildman–Crippen MR) is 108 cm³/mol. The van der Waals surface area contributed by atoms with Crippen molar-refractivity contribution in [1.82, 2.24) is 25.1 Å². The number of likely N-dealkylation sites (N-methyl/N-ethyl adjacent to an activating group) is 1. The summed E-state index contributed by atoms with van der Waals surface area (Å²) >= 11 is 0. The van der Waals surface area contributed by atoms with Crippen LogP contribution in [-0.2, 0) is 18.4 Å². The van der Waals surface area contributed by atoms with E-state index in [-0.39, 0.29) is 36.4 Å². The van der Waals surface area contributed by atoms with Crippen molar-refractivity contribution in [2.75, 3.05) is 27.2 Å². The number of benzene rings is 1. The van der Waals surface area contributed by atoms with E-state index in [4.69, 9.17) is 0 Å². The largest absolute Gasteiger partial charge is 0.357 e. The minimum Gasteiger partial charge on any atom is -0.357 e. The van der Waals surface area contributed by atoms with Crippen LogP contribution >= 0.6 is 24.0 Å². The summed E-state index contributed by atoms with van der Waals surface area (Å²) in [7, 11) is 5.44. The van der Waals surface area contributed by atoms with Gasteiger partial charge < -0.3 is 20.1 Å². The molecular formula is C16H25IN6O. The highest BCUT2D eigenvalue weighted by Gasteiger charge is 2.08. The highest BCUT2D eigenvalue weighted by atomic mass is 127. The highest BCUT2D eigenvalue weighted by molar-refractivity contribution is 14.0. The summed E-state index contributed by atoms with van der Waals surface area (Å²) < 4.78 is 2.04. The maximum atomic E-state index is 11.7. The van der Waals surface area contributed by atoms with Crippen molar-refractivity contribution in [2.45, 2.75) is 13.5 Å². The average Bonchev–Trinajstić information content (AvgIpc) is 2.86. The Morgan fingerprint density at radius 1 is 1.29 bits per heavy atom. The number of amides is 1. The van der Waals surface area contributed by atoms with Gasteiger partial charge in [-0.3, -0.25) is 4.79 Å². The molecule has 2 aromatic rings. The zero-order chi connectivity index (χ0) is 16.8. The van der Waals surface area contributed by atoms with Crippen LogP contribution in [0.15, 0.2) is 29.3 Å². The van der Waals surface area contributed by atoms with Crippen molar-refractivity contribution in [3.63, 3.8) is 0 Å². The van der Waals surface area contributed by atoms with Crippen molar-refractivity contribution in [1.29, 1.82) is 0 Å². The van der Waals surface area contributed by atoms with Gasteiger partial charge in [0.25, 0.3) is 0 Å². The van der Waals surface area contributed by atoms with Gasteiger partial charge in [0.15, 0.2) is 5.96 Å². The molecule has 1 aromatic heterocycles. The molecule has 0 aliphatic heterocycles. The lowest BCUT2D eigenvalue weighted by Gasteiger charge is -2.14. The number of aromatic nitrogens is 2. The molecule has 0 bridgehead atoms. The van der Waals surface area contributed by atoms with Crippen LogP contribution in [-0.4, -0.2) is 53.5 Å². The summed E-state index contributed by atoms with van der Waals surface area (Å²) in [5, 5.41) is 6.17. The van der Waals surface area contributed by atoms with Gasteiger partial charge in [0.1, 0.15) is 12.4 Å². The number of carbonyl (C=O) groups excluding carboxylic acids is 1. The smallest absolute Gasteiger partial charge is 0.241 e. The molecule has 7 nitrogen and oxygen atoms in total. The topological polar surface area (TPSA) is 74.5 Å². The second kappa shape index (κ2) is 9.45. The number of aryl methyl sites for hydroxylation is 1. The van der Waals surface area contributed by atoms with Gasteiger partial charge in [-0.05, 0) is 19.1 Å². The van der Waals surface area contributed by atoms with Gasteiger partial charge in [-0.15, -0.1) is 24.0 Å². The number of guanidine groups is 1. The van der Waals surface area contributed by atoms with E-state index in [0.717, 1.165) is 23.4 Å². The minimum atomic E-state index is -0.00154. The van der Waals surface area contributed by atoms with E-state index >= 15 is 0 Å². The second-order valence-corrected chi connectivity index (χ2v) is 5.41. The summed E-state index contributed by atoms with van der Waals surface area (Å²) in [4.78, 5) is 22.3. The molecule has 0 radical (unpaired) electrons. The van der Waals surface area contributed by atoms with E-state index in [9.17, 15) is 4.79 Å². The van der Waals surface area contributed by atoms with E-state index in [1.165, 1.54) is 0 Å². The van der Waals surface area contributed by atoms with E-state index in [1.807, 2.05) is 42.8 Å². The fraction of sp³-hybridized carbons (Fsp3) is 0.438. The van der Waals surface area contributed by atoms with Crippen molar-refractivity contribution in [3.05, 3.63) is 30.1 Å². The first-order valence-electron chi connectivity index (χ1n) is 7.65. The van der Waals surface area contributed by atoms with E-state index in [0.29, 0.717) is 12.5 Å². The molecule has 1 aromatic carbocycles. The molecule has 8 heteroatoms. The van der Waals surface area contributed by atoms with Crippen molar-refractivity contribution >= 4 is 46.9 Å². The standard InChI is InChI=1S/C16H24N6O.HI/c1-5-17-16(19-11-15(23)21(2)3)18-10-14-20-12-8-6-7-9-13(12)22(14)4;/h6-9H,5,10-11H2,1-4H3,(H2,17,18,19);1H. The molecule has 0 spiro atoms. The maximum absolute atomic E-state index is 11.7. The van der Waals surface area contributed by atoms with Crippen LogP contribution in [0.25, 0.3) is 11.0 Å². The fourth-order valence-electron chi connectivity index (χ4n) is 2.15. The SMILES string of the molecule is CCNC(=NCc1nc2ccccc2n1C)NCC(=O)N(C)C.I. The summed E-state index contributed by atoms with van der Waals surface area (Å²) in [6.45, 7) is 3.36. The lowest BCUT2D eigenvalue weighted by molar-refractivity contribution is -0.127. The third-order valence-corrected chi connectivity index (χ3v) is 3.51. The first-order chi connectivity index (χ1) is 11.0. The Bertz CT molecular complexity index is 710.